The Labute approximate surface area is 115 Å². The lowest BCUT2D eigenvalue weighted by atomic mass is 10.1. The molecule has 1 atom stereocenters. The molecule has 0 spiro atoms. The highest BCUT2D eigenvalue weighted by Crippen LogP contribution is 2.20. The Morgan fingerprint density at radius 1 is 1.50 bits per heavy atom. The average molecular weight is 263 g/mol. The van der Waals surface area contributed by atoms with E-state index in [1.54, 1.807) is 6.20 Å². The van der Waals surface area contributed by atoms with E-state index in [9.17, 15) is 0 Å². The molecule has 1 unspecified atom stereocenters. The molecule has 1 aromatic rings. The molecule has 2 heterocycles. The van der Waals surface area contributed by atoms with Gasteiger partial charge < -0.3 is 10.2 Å². The summed E-state index contributed by atoms with van der Waals surface area (Å²) in [5.41, 5.74) is 0.974. The van der Waals surface area contributed by atoms with E-state index >= 15 is 0 Å². The molecule has 0 saturated carbocycles. The van der Waals surface area contributed by atoms with Gasteiger partial charge in [-0.2, -0.15) is 0 Å². The first-order chi connectivity index (χ1) is 8.81. The van der Waals surface area contributed by atoms with Gasteiger partial charge in [-0.1, -0.05) is 19.8 Å². The summed E-state index contributed by atoms with van der Waals surface area (Å²) in [6.07, 6.45) is 9.89. The number of likely N-dealkylation sites (tertiary alicyclic amines) is 1. The topological polar surface area (TPSA) is 28.2 Å². The number of pyridine rings is 1. The first-order valence-corrected chi connectivity index (χ1v) is 7.19. The number of hydrogen-bond acceptors (Lipinski definition) is 2. The fourth-order valence-electron chi connectivity index (χ4n) is 2.50. The summed E-state index contributed by atoms with van der Waals surface area (Å²) in [7, 11) is 0. The fourth-order valence-corrected chi connectivity index (χ4v) is 2.86. The van der Waals surface area contributed by atoms with Gasteiger partial charge in [0.05, 0.1) is 11.9 Å². The lowest BCUT2D eigenvalue weighted by molar-refractivity contribution is 0.311. The molecule has 0 bridgehead atoms. The number of aromatic nitrogens is 1. The predicted molar refractivity (Wildman–Crippen MR) is 79.7 cm³/mol. The van der Waals surface area contributed by atoms with Gasteiger partial charge in [0.1, 0.15) is 0 Å². The summed E-state index contributed by atoms with van der Waals surface area (Å²) in [6.45, 7) is 3.32. The molecule has 1 N–H and O–H groups in total. The second-order valence-corrected chi connectivity index (χ2v) is 5.16. The van der Waals surface area contributed by atoms with E-state index in [1.807, 2.05) is 18.3 Å². The quantitative estimate of drug-likeness (QED) is 0.827. The minimum absolute atomic E-state index is 0.587. The van der Waals surface area contributed by atoms with Gasteiger partial charge in [0, 0.05) is 18.8 Å². The van der Waals surface area contributed by atoms with Crippen LogP contribution in [0.2, 0.25) is 0 Å². The third kappa shape index (κ3) is 3.42. The van der Waals surface area contributed by atoms with Gasteiger partial charge in [0.2, 0.25) is 0 Å². The van der Waals surface area contributed by atoms with E-state index in [0.717, 1.165) is 23.8 Å². The number of nitrogens with zero attached hydrogens (tertiary/aromatic N) is 2. The van der Waals surface area contributed by atoms with Crippen LogP contribution in [0.15, 0.2) is 24.5 Å². The average Bonchev–Trinajstić information content (AvgIpc) is 2.64. The Hall–Kier alpha value is -1.16. The number of rotatable bonds is 2. The minimum Gasteiger partial charge on any atom is -0.346 e. The van der Waals surface area contributed by atoms with Crippen LogP contribution in [0.1, 0.15) is 39.0 Å². The van der Waals surface area contributed by atoms with Gasteiger partial charge in [0.25, 0.3) is 0 Å². The second kappa shape index (κ2) is 6.69. The summed E-state index contributed by atoms with van der Waals surface area (Å²) in [6, 6.07) is 4.51. The van der Waals surface area contributed by atoms with E-state index in [0.29, 0.717) is 6.04 Å². The summed E-state index contributed by atoms with van der Waals surface area (Å²) >= 11 is 5.55. The van der Waals surface area contributed by atoms with E-state index in [4.69, 9.17) is 12.2 Å². The zero-order valence-corrected chi connectivity index (χ0v) is 11.7. The zero-order valence-electron chi connectivity index (χ0n) is 10.9. The molecular formula is C14H21N3S. The van der Waals surface area contributed by atoms with Crippen LogP contribution in [0.4, 0.5) is 5.69 Å². The van der Waals surface area contributed by atoms with Crippen LogP contribution in [-0.4, -0.2) is 27.6 Å². The van der Waals surface area contributed by atoms with E-state index in [-0.39, 0.29) is 0 Å². The van der Waals surface area contributed by atoms with Gasteiger partial charge in [-0.3, -0.25) is 4.98 Å². The van der Waals surface area contributed by atoms with Crippen LogP contribution in [0.25, 0.3) is 0 Å². The number of thiocarbonyl (C=S) groups is 1. The SMILES string of the molecule is CCC1CCCCCN1C(=S)Nc1cccnc1. The van der Waals surface area contributed by atoms with Crippen LogP contribution in [-0.2, 0) is 0 Å². The Morgan fingerprint density at radius 3 is 3.11 bits per heavy atom. The van der Waals surface area contributed by atoms with Crippen molar-refractivity contribution in [1.82, 2.24) is 9.88 Å². The van der Waals surface area contributed by atoms with Gasteiger partial charge in [-0.15, -0.1) is 0 Å². The van der Waals surface area contributed by atoms with Gasteiger partial charge in [0.15, 0.2) is 5.11 Å². The molecule has 1 aliphatic rings. The van der Waals surface area contributed by atoms with Crippen molar-refractivity contribution in [2.75, 3.05) is 11.9 Å². The lowest BCUT2D eigenvalue weighted by Gasteiger charge is -2.31. The van der Waals surface area contributed by atoms with Crippen molar-refractivity contribution in [1.29, 1.82) is 0 Å². The molecule has 0 aliphatic carbocycles. The largest absolute Gasteiger partial charge is 0.346 e. The number of hydrogen-bond donors (Lipinski definition) is 1. The molecule has 1 saturated heterocycles. The second-order valence-electron chi connectivity index (χ2n) is 4.78. The molecule has 4 heteroatoms. The molecule has 0 radical (unpaired) electrons. The van der Waals surface area contributed by atoms with E-state index in [2.05, 4.69) is 22.1 Å². The lowest BCUT2D eigenvalue weighted by Crippen LogP contribution is -2.42. The van der Waals surface area contributed by atoms with Gasteiger partial charge in [-0.05, 0) is 43.6 Å². The molecule has 18 heavy (non-hydrogen) atoms. The highest BCUT2D eigenvalue weighted by atomic mass is 32.1. The maximum atomic E-state index is 5.55. The first-order valence-electron chi connectivity index (χ1n) is 6.79. The highest BCUT2D eigenvalue weighted by Gasteiger charge is 2.21. The predicted octanol–water partition coefficient (Wildman–Crippen LogP) is 3.43. The number of anilines is 1. The first kappa shape index (κ1) is 13.3. The molecule has 2 rings (SSSR count). The summed E-state index contributed by atoms with van der Waals surface area (Å²) in [5, 5.41) is 4.14. The van der Waals surface area contributed by atoms with Crippen molar-refractivity contribution >= 4 is 23.0 Å². The third-order valence-corrected chi connectivity index (χ3v) is 3.86. The monoisotopic (exact) mass is 263 g/mol. The van der Waals surface area contributed by atoms with Crippen LogP contribution in [0.5, 0.6) is 0 Å². The molecule has 1 fully saturated rings. The van der Waals surface area contributed by atoms with Crippen LogP contribution in [0.3, 0.4) is 0 Å². The van der Waals surface area contributed by atoms with Crippen molar-refractivity contribution in [3.8, 4) is 0 Å². The maximum Gasteiger partial charge on any atom is 0.173 e. The van der Waals surface area contributed by atoms with E-state index in [1.165, 1.54) is 25.7 Å². The van der Waals surface area contributed by atoms with Crippen molar-refractivity contribution in [3.05, 3.63) is 24.5 Å². The van der Waals surface area contributed by atoms with Crippen LogP contribution in [0, 0.1) is 0 Å². The zero-order chi connectivity index (χ0) is 12.8. The maximum absolute atomic E-state index is 5.55. The Kier molecular flexibility index (Phi) is 4.93. The molecular weight excluding hydrogens is 242 g/mol. The summed E-state index contributed by atoms with van der Waals surface area (Å²) in [4.78, 5) is 6.46. The normalized spacial score (nSPS) is 20.3. The Bertz CT molecular complexity index is 380. The molecule has 1 aromatic heterocycles. The van der Waals surface area contributed by atoms with E-state index < -0.39 is 0 Å². The van der Waals surface area contributed by atoms with Gasteiger partial charge in [-0.25, -0.2) is 0 Å². The summed E-state index contributed by atoms with van der Waals surface area (Å²) in [5.74, 6) is 0. The standard InChI is InChI=1S/C14H21N3S/c1-2-13-8-4-3-5-10-17(13)14(18)16-12-7-6-9-15-11-12/h6-7,9,11,13H,2-5,8,10H2,1H3,(H,16,18). The molecule has 98 valence electrons. The van der Waals surface area contributed by atoms with Crippen molar-refractivity contribution in [2.24, 2.45) is 0 Å². The molecule has 1 aliphatic heterocycles. The highest BCUT2D eigenvalue weighted by molar-refractivity contribution is 7.80. The fraction of sp³-hybridized carbons (Fsp3) is 0.571. The summed E-state index contributed by atoms with van der Waals surface area (Å²) < 4.78 is 0. The molecule has 3 nitrogen and oxygen atoms in total. The van der Waals surface area contributed by atoms with Crippen LogP contribution < -0.4 is 5.32 Å². The van der Waals surface area contributed by atoms with Crippen molar-refractivity contribution in [3.63, 3.8) is 0 Å². The number of nitrogens with one attached hydrogen (secondary N) is 1. The van der Waals surface area contributed by atoms with Crippen molar-refractivity contribution in [2.45, 2.75) is 45.1 Å². The Balaban J connectivity index is 2.01. The van der Waals surface area contributed by atoms with Crippen molar-refractivity contribution < 1.29 is 0 Å². The van der Waals surface area contributed by atoms with Gasteiger partial charge >= 0.3 is 0 Å². The smallest absolute Gasteiger partial charge is 0.173 e. The third-order valence-electron chi connectivity index (χ3n) is 3.52. The minimum atomic E-state index is 0.587. The molecule has 0 amide bonds. The Morgan fingerprint density at radius 2 is 2.39 bits per heavy atom. The molecule has 0 aromatic carbocycles. The van der Waals surface area contributed by atoms with Crippen LogP contribution >= 0.6 is 12.2 Å².